The molecule has 2 aliphatic carbocycles. The molecule has 0 aliphatic heterocycles. The van der Waals surface area contributed by atoms with Crippen LogP contribution in [0.15, 0.2) is 11.6 Å². The summed E-state index contributed by atoms with van der Waals surface area (Å²) in [5, 5.41) is 0. The van der Waals surface area contributed by atoms with E-state index in [-0.39, 0.29) is 0 Å². The van der Waals surface area contributed by atoms with Gasteiger partial charge in [-0.25, -0.2) is 0 Å². The zero-order valence-corrected chi connectivity index (χ0v) is 10.7. The molecule has 0 aromatic heterocycles. The van der Waals surface area contributed by atoms with Crippen molar-refractivity contribution in [3.8, 4) is 0 Å². The van der Waals surface area contributed by atoms with E-state index in [2.05, 4.69) is 19.9 Å². The van der Waals surface area contributed by atoms with Gasteiger partial charge in [-0.15, -0.1) is 0 Å². The standard InChI is InChI=1S/C15H24O/c1-11-6-8-13(9-7-11)12(2)10-14-4-3-5-15(14)16/h6,12-14H,3-5,7-10H2,1-2H3/t12-,13-,14-/m0/s1. The molecule has 1 fully saturated rings. The average Bonchev–Trinajstić information content (AvgIpc) is 2.65. The highest BCUT2D eigenvalue weighted by molar-refractivity contribution is 5.82. The van der Waals surface area contributed by atoms with Gasteiger partial charge in [-0.3, -0.25) is 4.79 Å². The van der Waals surface area contributed by atoms with Crippen LogP contribution in [0.3, 0.4) is 0 Å². The van der Waals surface area contributed by atoms with Gasteiger partial charge in [0.2, 0.25) is 0 Å². The predicted molar refractivity (Wildman–Crippen MR) is 67.2 cm³/mol. The van der Waals surface area contributed by atoms with Gasteiger partial charge in [-0.1, -0.05) is 18.6 Å². The lowest BCUT2D eigenvalue weighted by molar-refractivity contribution is -0.121. The molecule has 0 N–H and O–H groups in total. The number of hydrogen-bond donors (Lipinski definition) is 0. The van der Waals surface area contributed by atoms with E-state index >= 15 is 0 Å². The van der Waals surface area contributed by atoms with Crippen molar-refractivity contribution in [3.63, 3.8) is 0 Å². The molecule has 0 saturated heterocycles. The van der Waals surface area contributed by atoms with Gasteiger partial charge in [0.25, 0.3) is 0 Å². The third kappa shape index (κ3) is 2.75. The molecule has 0 heterocycles. The molecule has 0 aromatic carbocycles. The van der Waals surface area contributed by atoms with E-state index < -0.39 is 0 Å². The van der Waals surface area contributed by atoms with Gasteiger partial charge in [0.15, 0.2) is 0 Å². The van der Waals surface area contributed by atoms with Crippen LogP contribution in [0.1, 0.15) is 58.8 Å². The Hall–Kier alpha value is -0.590. The van der Waals surface area contributed by atoms with Crippen molar-refractivity contribution in [1.29, 1.82) is 0 Å². The number of hydrogen-bond acceptors (Lipinski definition) is 1. The smallest absolute Gasteiger partial charge is 0.135 e. The van der Waals surface area contributed by atoms with E-state index in [0.29, 0.717) is 11.7 Å². The Balaban J connectivity index is 1.83. The summed E-state index contributed by atoms with van der Waals surface area (Å²) in [4.78, 5) is 11.6. The van der Waals surface area contributed by atoms with Crippen LogP contribution < -0.4 is 0 Å². The fourth-order valence-corrected chi connectivity index (χ4v) is 3.28. The molecular weight excluding hydrogens is 196 g/mol. The van der Waals surface area contributed by atoms with Crippen molar-refractivity contribution in [2.75, 3.05) is 0 Å². The molecule has 2 rings (SSSR count). The van der Waals surface area contributed by atoms with Gasteiger partial charge in [-0.05, 0) is 57.3 Å². The summed E-state index contributed by atoms with van der Waals surface area (Å²) >= 11 is 0. The first-order valence-corrected chi connectivity index (χ1v) is 6.85. The summed E-state index contributed by atoms with van der Waals surface area (Å²) in [6.07, 6.45) is 10.6. The summed E-state index contributed by atoms with van der Waals surface area (Å²) in [6, 6.07) is 0. The Kier molecular flexibility index (Phi) is 3.83. The monoisotopic (exact) mass is 220 g/mol. The number of Topliss-reactive ketones (excluding diaryl/α,β-unsaturated/α-hetero) is 1. The predicted octanol–water partition coefficient (Wildman–Crippen LogP) is 4.13. The molecule has 1 nitrogen and oxygen atoms in total. The molecule has 90 valence electrons. The molecule has 0 unspecified atom stereocenters. The van der Waals surface area contributed by atoms with Gasteiger partial charge < -0.3 is 0 Å². The van der Waals surface area contributed by atoms with Crippen molar-refractivity contribution in [2.45, 2.75) is 58.8 Å². The lowest BCUT2D eigenvalue weighted by Crippen LogP contribution is -2.19. The maximum atomic E-state index is 11.6. The van der Waals surface area contributed by atoms with Crippen LogP contribution in [0.5, 0.6) is 0 Å². The third-order valence-corrected chi connectivity index (χ3v) is 4.57. The molecule has 0 aromatic rings. The highest BCUT2D eigenvalue weighted by Crippen LogP contribution is 2.35. The normalized spacial score (nSPS) is 32.6. The van der Waals surface area contributed by atoms with Gasteiger partial charge in [0, 0.05) is 12.3 Å². The van der Waals surface area contributed by atoms with Crippen LogP contribution in [0, 0.1) is 17.8 Å². The van der Waals surface area contributed by atoms with Gasteiger partial charge in [-0.2, -0.15) is 0 Å². The number of allylic oxidation sites excluding steroid dienone is 2. The van der Waals surface area contributed by atoms with Crippen LogP contribution in [-0.2, 0) is 4.79 Å². The highest BCUT2D eigenvalue weighted by atomic mass is 16.1. The van der Waals surface area contributed by atoms with Crippen molar-refractivity contribution in [2.24, 2.45) is 17.8 Å². The Morgan fingerprint density at radius 1 is 1.38 bits per heavy atom. The molecule has 1 saturated carbocycles. The number of carbonyl (C=O) groups excluding carboxylic acids is 1. The maximum Gasteiger partial charge on any atom is 0.135 e. The van der Waals surface area contributed by atoms with Crippen molar-refractivity contribution >= 4 is 5.78 Å². The number of carbonyl (C=O) groups is 1. The fraction of sp³-hybridized carbons (Fsp3) is 0.800. The molecule has 1 heteroatoms. The van der Waals surface area contributed by atoms with E-state index in [1.54, 1.807) is 5.57 Å². The maximum absolute atomic E-state index is 11.6. The molecule has 0 amide bonds. The van der Waals surface area contributed by atoms with Crippen molar-refractivity contribution < 1.29 is 4.79 Å². The summed E-state index contributed by atoms with van der Waals surface area (Å²) in [7, 11) is 0. The van der Waals surface area contributed by atoms with Crippen molar-refractivity contribution in [3.05, 3.63) is 11.6 Å². The van der Waals surface area contributed by atoms with E-state index in [0.717, 1.165) is 37.5 Å². The Bertz CT molecular complexity index is 290. The number of ketones is 1. The topological polar surface area (TPSA) is 17.1 Å². The lowest BCUT2D eigenvalue weighted by atomic mass is 9.77. The van der Waals surface area contributed by atoms with Gasteiger partial charge in [0.05, 0.1) is 0 Å². The second-order valence-corrected chi connectivity index (χ2v) is 5.85. The molecule has 16 heavy (non-hydrogen) atoms. The minimum atomic E-state index is 0.405. The first-order chi connectivity index (χ1) is 7.66. The SMILES string of the molecule is CC1=CC[C@H]([C@@H](C)C[C@@H]2CCCC2=O)CC1. The van der Waals surface area contributed by atoms with E-state index in [1.807, 2.05) is 0 Å². The quantitative estimate of drug-likeness (QED) is 0.654. The number of rotatable bonds is 3. The first-order valence-electron chi connectivity index (χ1n) is 6.85. The van der Waals surface area contributed by atoms with Gasteiger partial charge >= 0.3 is 0 Å². The van der Waals surface area contributed by atoms with Crippen LogP contribution >= 0.6 is 0 Å². The zero-order chi connectivity index (χ0) is 11.5. The largest absolute Gasteiger partial charge is 0.299 e. The minimum Gasteiger partial charge on any atom is -0.299 e. The summed E-state index contributed by atoms with van der Waals surface area (Å²) in [5.41, 5.74) is 1.56. The van der Waals surface area contributed by atoms with Crippen molar-refractivity contribution in [1.82, 2.24) is 0 Å². The summed E-state index contributed by atoms with van der Waals surface area (Å²) < 4.78 is 0. The average molecular weight is 220 g/mol. The zero-order valence-electron chi connectivity index (χ0n) is 10.7. The van der Waals surface area contributed by atoms with Gasteiger partial charge in [0.1, 0.15) is 5.78 Å². The van der Waals surface area contributed by atoms with Crippen LogP contribution in [0.2, 0.25) is 0 Å². The second kappa shape index (κ2) is 5.16. The van der Waals surface area contributed by atoms with E-state index in [1.165, 1.54) is 19.3 Å². The van der Waals surface area contributed by atoms with E-state index in [9.17, 15) is 4.79 Å². The van der Waals surface area contributed by atoms with Crippen LogP contribution in [0.25, 0.3) is 0 Å². The molecule has 2 aliphatic rings. The highest BCUT2D eigenvalue weighted by Gasteiger charge is 2.28. The Morgan fingerprint density at radius 2 is 2.19 bits per heavy atom. The Labute approximate surface area is 99.3 Å². The second-order valence-electron chi connectivity index (χ2n) is 5.85. The van der Waals surface area contributed by atoms with E-state index in [4.69, 9.17) is 0 Å². The molecule has 3 atom stereocenters. The van der Waals surface area contributed by atoms with Crippen LogP contribution in [0.4, 0.5) is 0 Å². The fourth-order valence-electron chi connectivity index (χ4n) is 3.28. The molecule has 0 radical (unpaired) electrons. The van der Waals surface area contributed by atoms with Crippen LogP contribution in [-0.4, -0.2) is 5.78 Å². The first kappa shape index (κ1) is 11.9. The molecular formula is C15H24O. The lowest BCUT2D eigenvalue weighted by Gasteiger charge is -2.28. The molecule has 0 bridgehead atoms. The summed E-state index contributed by atoms with van der Waals surface area (Å²) in [6.45, 7) is 4.59. The Morgan fingerprint density at radius 3 is 2.75 bits per heavy atom. The summed E-state index contributed by atoms with van der Waals surface area (Å²) in [5.74, 6) is 2.50. The molecule has 0 spiro atoms. The third-order valence-electron chi connectivity index (χ3n) is 4.57. The minimum absolute atomic E-state index is 0.405.